The average molecular weight is 501 g/mol. The molecule has 33 heavy (non-hydrogen) atoms. The number of aromatic nitrogens is 2. The second kappa shape index (κ2) is 8.39. The molecule has 0 spiro atoms. The zero-order valence-corrected chi connectivity index (χ0v) is 19.3. The van der Waals surface area contributed by atoms with Crippen LogP contribution in [0.25, 0.3) is 0 Å². The highest BCUT2D eigenvalue weighted by Gasteiger charge is 2.50. The van der Waals surface area contributed by atoms with E-state index in [1.807, 2.05) is 12.1 Å². The van der Waals surface area contributed by atoms with Crippen molar-refractivity contribution in [1.82, 2.24) is 9.97 Å². The summed E-state index contributed by atoms with van der Waals surface area (Å²) < 4.78 is 56.2. The van der Waals surface area contributed by atoms with Gasteiger partial charge in [-0.2, -0.15) is 13.8 Å². The number of piperidine rings is 1. The molecule has 1 aliphatic carbocycles. The number of rotatable bonds is 5. The SMILES string of the molecule is O=[S@@]1c2c(nc(N3CCC(c4ccc(Cl)cc4)C(F)C3)nc2NC2(CO)CCC2)CC1(F)F. The second-order valence-corrected chi connectivity index (χ2v) is 11.0. The molecule has 11 heteroatoms. The number of alkyl halides is 3. The van der Waals surface area contributed by atoms with Crippen molar-refractivity contribution >= 4 is 34.2 Å². The van der Waals surface area contributed by atoms with Gasteiger partial charge in [0.15, 0.2) is 0 Å². The molecule has 5 rings (SSSR count). The first-order valence-corrected chi connectivity index (χ1v) is 12.5. The van der Waals surface area contributed by atoms with Gasteiger partial charge in [0.05, 0.1) is 30.8 Å². The average Bonchev–Trinajstić information content (AvgIpc) is 2.99. The number of nitrogens with one attached hydrogen (secondary N) is 1. The highest BCUT2D eigenvalue weighted by atomic mass is 35.5. The Morgan fingerprint density at radius 1 is 1.24 bits per heavy atom. The van der Waals surface area contributed by atoms with E-state index in [4.69, 9.17) is 11.6 Å². The maximum absolute atomic E-state index is 15.2. The lowest BCUT2D eigenvalue weighted by molar-refractivity contribution is 0.104. The molecular formula is C22H24ClF3N4O2S. The van der Waals surface area contributed by atoms with Crippen LogP contribution in [0, 0.1) is 0 Å². The van der Waals surface area contributed by atoms with Crippen molar-refractivity contribution in [3.05, 3.63) is 40.5 Å². The Morgan fingerprint density at radius 2 is 1.97 bits per heavy atom. The van der Waals surface area contributed by atoms with E-state index in [9.17, 15) is 18.1 Å². The van der Waals surface area contributed by atoms with E-state index in [-0.39, 0.29) is 41.4 Å². The van der Waals surface area contributed by atoms with Gasteiger partial charge in [-0.25, -0.2) is 13.6 Å². The van der Waals surface area contributed by atoms with Crippen LogP contribution < -0.4 is 10.2 Å². The predicted octanol–water partition coefficient (Wildman–Crippen LogP) is 4.05. The number of anilines is 2. The van der Waals surface area contributed by atoms with Crippen molar-refractivity contribution in [1.29, 1.82) is 0 Å². The molecule has 2 aromatic rings. The molecule has 0 radical (unpaired) electrons. The van der Waals surface area contributed by atoms with E-state index < -0.39 is 34.2 Å². The Hall–Kier alpha value is -1.91. The molecule has 1 aromatic heterocycles. The topological polar surface area (TPSA) is 78.4 Å². The fraction of sp³-hybridized carbons (Fsp3) is 0.545. The highest BCUT2D eigenvalue weighted by molar-refractivity contribution is 7.86. The number of hydrogen-bond donors (Lipinski definition) is 2. The number of aliphatic hydroxyl groups excluding tert-OH is 1. The fourth-order valence-corrected chi connectivity index (χ4v) is 6.08. The predicted molar refractivity (Wildman–Crippen MR) is 120 cm³/mol. The van der Waals surface area contributed by atoms with Gasteiger partial charge >= 0.3 is 5.25 Å². The molecule has 1 aromatic carbocycles. The van der Waals surface area contributed by atoms with Crippen LogP contribution in [0.2, 0.25) is 5.02 Å². The van der Waals surface area contributed by atoms with E-state index in [1.165, 1.54) is 0 Å². The van der Waals surface area contributed by atoms with E-state index in [0.29, 0.717) is 30.8 Å². The summed E-state index contributed by atoms with van der Waals surface area (Å²) >= 11 is 5.94. The van der Waals surface area contributed by atoms with Crippen LogP contribution in [0.4, 0.5) is 24.9 Å². The van der Waals surface area contributed by atoms with Gasteiger partial charge in [-0.1, -0.05) is 23.7 Å². The first kappa shape index (κ1) is 22.9. The van der Waals surface area contributed by atoms with Gasteiger partial charge in [0.2, 0.25) is 5.95 Å². The Bertz CT molecular complexity index is 1080. The van der Waals surface area contributed by atoms with Crippen LogP contribution in [0.15, 0.2) is 29.2 Å². The summed E-state index contributed by atoms with van der Waals surface area (Å²) in [6, 6.07) is 7.09. The molecular weight excluding hydrogens is 477 g/mol. The number of halogens is 4. The number of hydrogen-bond acceptors (Lipinski definition) is 6. The lowest BCUT2D eigenvalue weighted by atomic mass is 9.77. The number of nitrogens with zero attached hydrogens (tertiary/aromatic N) is 3. The van der Waals surface area contributed by atoms with Gasteiger partial charge in [0, 0.05) is 17.5 Å². The van der Waals surface area contributed by atoms with Crippen molar-refractivity contribution in [2.24, 2.45) is 0 Å². The van der Waals surface area contributed by atoms with Crippen molar-refractivity contribution in [3.63, 3.8) is 0 Å². The van der Waals surface area contributed by atoms with Crippen LogP contribution in [0.1, 0.15) is 42.9 Å². The third kappa shape index (κ3) is 4.10. The van der Waals surface area contributed by atoms with Gasteiger partial charge in [-0.15, -0.1) is 0 Å². The maximum atomic E-state index is 15.2. The summed E-state index contributed by atoms with van der Waals surface area (Å²) in [5, 5.41) is 10.0. The molecule has 1 saturated heterocycles. The molecule has 2 unspecified atom stereocenters. The molecule has 2 N–H and O–H groups in total. The van der Waals surface area contributed by atoms with Crippen molar-refractivity contribution in [3.8, 4) is 0 Å². The molecule has 2 fully saturated rings. The summed E-state index contributed by atoms with van der Waals surface area (Å²) in [5.74, 6) is -0.125. The van der Waals surface area contributed by atoms with Crippen LogP contribution in [0.5, 0.6) is 0 Å². The molecule has 3 heterocycles. The smallest absolute Gasteiger partial charge is 0.331 e. The third-order valence-corrected chi connectivity index (χ3v) is 8.61. The Morgan fingerprint density at radius 3 is 2.58 bits per heavy atom. The minimum Gasteiger partial charge on any atom is -0.394 e. The van der Waals surface area contributed by atoms with Crippen LogP contribution in [0.3, 0.4) is 0 Å². The summed E-state index contributed by atoms with van der Waals surface area (Å²) in [5.41, 5.74) is 0.188. The van der Waals surface area contributed by atoms with Crippen molar-refractivity contribution < 1.29 is 22.5 Å². The van der Waals surface area contributed by atoms with Crippen LogP contribution >= 0.6 is 11.6 Å². The lowest BCUT2D eigenvalue weighted by Gasteiger charge is -2.42. The Balaban J connectivity index is 1.44. The van der Waals surface area contributed by atoms with Crippen LogP contribution in [-0.4, -0.2) is 55.9 Å². The molecule has 1 saturated carbocycles. The van der Waals surface area contributed by atoms with Gasteiger partial charge in [-0.05, 0) is 43.4 Å². The minimum absolute atomic E-state index is 0.00785. The molecule has 178 valence electrons. The molecule has 2 aliphatic heterocycles. The van der Waals surface area contributed by atoms with Crippen molar-refractivity contribution in [2.75, 3.05) is 29.9 Å². The monoisotopic (exact) mass is 500 g/mol. The summed E-state index contributed by atoms with van der Waals surface area (Å²) in [7, 11) is -2.59. The maximum Gasteiger partial charge on any atom is 0.331 e. The first-order valence-electron chi connectivity index (χ1n) is 11.0. The summed E-state index contributed by atoms with van der Waals surface area (Å²) in [6.45, 7) is 0.260. The van der Waals surface area contributed by atoms with Gasteiger partial charge in [-0.3, -0.25) is 0 Å². The third-order valence-electron chi connectivity index (χ3n) is 6.87. The van der Waals surface area contributed by atoms with Crippen LogP contribution in [-0.2, 0) is 17.2 Å². The van der Waals surface area contributed by atoms with E-state index in [2.05, 4.69) is 15.3 Å². The molecule has 0 amide bonds. The lowest BCUT2D eigenvalue weighted by Crippen LogP contribution is -2.49. The summed E-state index contributed by atoms with van der Waals surface area (Å²) in [6.07, 6.45) is 0.716. The zero-order chi connectivity index (χ0) is 23.4. The second-order valence-electron chi connectivity index (χ2n) is 9.06. The van der Waals surface area contributed by atoms with E-state index in [0.717, 1.165) is 12.0 Å². The van der Waals surface area contributed by atoms with Gasteiger partial charge in [0.25, 0.3) is 0 Å². The number of benzene rings is 1. The molecule has 6 nitrogen and oxygen atoms in total. The quantitative estimate of drug-likeness (QED) is 0.645. The van der Waals surface area contributed by atoms with Crippen molar-refractivity contribution in [2.45, 2.75) is 59.9 Å². The first-order chi connectivity index (χ1) is 15.7. The normalized spacial score (nSPS) is 27.7. The Labute approximate surface area is 197 Å². The number of fused-ring (bicyclic) bond motifs is 1. The largest absolute Gasteiger partial charge is 0.394 e. The zero-order valence-electron chi connectivity index (χ0n) is 17.7. The highest BCUT2D eigenvalue weighted by Crippen LogP contribution is 2.44. The fourth-order valence-electron chi connectivity index (χ4n) is 4.78. The van der Waals surface area contributed by atoms with E-state index in [1.54, 1.807) is 17.0 Å². The Kier molecular flexibility index (Phi) is 5.81. The summed E-state index contributed by atoms with van der Waals surface area (Å²) in [4.78, 5) is 10.2. The number of aliphatic hydroxyl groups is 1. The molecule has 0 bridgehead atoms. The standard InChI is InChI=1S/C22H24ClF3N4O2S/c23-14-4-2-13(3-5-14)15-6-9-30(11-16(15)24)20-27-17-10-22(25,26)33(32)18(17)19(28-20)29-21(12-31)7-1-8-21/h2-5,15-16,31H,1,6-12H2,(H,27,28,29)/t15?,16?,33-/m1/s1. The molecule has 3 aliphatic rings. The van der Waals surface area contributed by atoms with E-state index >= 15 is 4.39 Å². The minimum atomic E-state index is -3.44. The molecule has 3 atom stereocenters. The van der Waals surface area contributed by atoms with Gasteiger partial charge < -0.3 is 15.3 Å². The van der Waals surface area contributed by atoms with Gasteiger partial charge in [0.1, 0.15) is 27.7 Å².